The Hall–Kier alpha value is -1.21. The summed E-state index contributed by atoms with van der Waals surface area (Å²) in [7, 11) is 0. The van der Waals surface area contributed by atoms with Crippen LogP contribution in [0.1, 0.15) is 12.8 Å². The Bertz CT molecular complexity index is 583. The summed E-state index contributed by atoms with van der Waals surface area (Å²) in [5, 5.41) is 22.3. The van der Waals surface area contributed by atoms with E-state index < -0.39 is 18.0 Å². The molecule has 0 unspecified atom stereocenters. The Morgan fingerprint density at radius 3 is 2.43 bits per heavy atom. The van der Waals surface area contributed by atoms with E-state index in [1.54, 1.807) is 0 Å². The number of halogens is 2. The Morgan fingerprint density at radius 1 is 1.26 bits per heavy atom. The Labute approximate surface area is 139 Å². The van der Waals surface area contributed by atoms with Crippen molar-refractivity contribution in [3.8, 4) is 0 Å². The number of hydrogen-bond acceptors (Lipinski definition) is 4. The number of carbonyl (C=O) groups excluding carboxylic acids is 1. The molecule has 3 N–H and O–H groups in total. The van der Waals surface area contributed by atoms with Crippen LogP contribution in [0.3, 0.4) is 0 Å². The fourth-order valence-electron chi connectivity index (χ4n) is 3.62. The van der Waals surface area contributed by atoms with E-state index in [4.69, 9.17) is 11.6 Å². The topological polar surface area (TPSA) is 72.8 Å². The highest BCUT2D eigenvalue weighted by molar-refractivity contribution is 6.30. The van der Waals surface area contributed by atoms with Crippen molar-refractivity contribution in [3.05, 3.63) is 29.0 Å². The molecule has 2 fully saturated rings. The van der Waals surface area contributed by atoms with Crippen molar-refractivity contribution in [2.24, 2.45) is 11.8 Å². The highest BCUT2D eigenvalue weighted by Gasteiger charge is 2.41. The number of aliphatic hydroxyl groups excluding tert-OH is 2. The van der Waals surface area contributed by atoms with Crippen LogP contribution in [-0.4, -0.2) is 52.9 Å². The van der Waals surface area contributed by atoms with Crippen LogP contribution in [0.4, 0.5) is 10.1 Å². The maximum Gasteiger partial charge on any atom is 0.238 e. The Kier molecular flexibility index (Phi) is 4.87. The third-order valence-electron chi connectivity index (χ3n) is 4.76. The van der Waals surface area contributed by atoms with Crippen molar-refractivity contribution in [2.45, 2.75) is 25.0 Å². The van der Waals surface area contributed by atoms with Crippen LogP contribution in [-0.2, 0) is 4.79 Å². The SMILES string of the molecule is O=C(CN1C[C@H]2C[C@H](O)[C@@H](O)C[C@H]2C1)Nc1ccc(Cl)cc1F. The van der Waals surface area contributed by atoms with Gasteiger partial charge < -0.3 is 15.5 Å². The molecule has 1 aliphatic carbocycles. The van der Waals surface area contributed by atoms with Crippen LogP contribution in [0, 0.1) is 17.7 Å². The standard InChI is InChI=1S/C16H20ClFN2O3/c17-11-1-2-13(12(18)5-11)19-16(23)8-20-6-9-3-14(21)15(22)4-10(9)7-20/h1-2,5,9-10,14-15,21-22H,3-4,6-8H2,(H,19,23)/t9-,10+,14-,15-/m0/s1. The lowest BCUT2D eigenvalue weighted by atomic mass is 9.79. The highest BCUT2D eigenvalue weighted by Crippen LogP contribution is 2.36. The van der Waals surface area contributed by atoms with Crippen LogP contribution < -0.4 is 5.32 Å². The van der Waals surface area contributed by atoms with E-state index in [1.165, 1.54) is 12.1 Å². The molecule has 1 saturated heterocycles. The van der Waals surface area contributed by atoms with Gasteiger partial charge in [0.15, 0.2) is 0 Å². The second kappa shape index (κ2) is 6.73. The molecule has 1 saturated carbocycles. The maximum absolute atomic E-state index is 13.7. The van der Waals surface area contributed by atoms with Gasteiger partial charge in [-0.1, -0.05) is 11.6 Å². The van der Waals surface area contributed by atoms with E-state index >= 15 is 0 Å². The van der Waals surface area contributed by atoms with E-state index in [1.807, 2.05) is 4.90 Å². The number of likely N-dealkylation sites (tertiary alicyclic amines) is 1. The number of amides is 1. The molecule has 2 aliphatic rings. The van der Waals surface area contributed by atoms with Gasteiger partial charge in [0.25, 0.3) is 0 Å². The fourth-order valence-corrected chi connectivity index (χ4v) is 3.78. The minimum Gasteiger partial charge on any atom is -0.390 e. The largest absolute Gasteiger partial charge is 0.390 e. The normalized spacial score (nSPS) is 31.0. The average molecular weight is 343 g/mol. The molecule has 0 bridgehead atoms. The molecule has 0 aromatic heterocycles. The van der Waals surface area contributed by atoms with Gasteiger partial charge in [0, 0.05) is 18.1 Å². The lowest BCUT2D eigenvalue weighted by molar-refractivity contribution is -0.117. The molecule has 1 aromatic carbocycles. The van der Waals surface area contributed by atoms with Gasteiger partial charge in [-0.3, -0.25) is 9.69 Å². The number of anilines is 1. The number of hydrogen-bond donors (Lipinski definition) is 3. The molecule has 0 radical (unpaired) electrons. The smallest absolute Gasteiger partial charge is 0.238 e. The number of rotatable bonds is 3. The van der Waals surface area contributed by atoms with Gasteiger partial charge in [-0.25, -0.2) is 4.39 Å². The van der Waals surface area contributed by atoms with Crippen molar-refractivity contribution >= 4 is 23.2 Å². The summed E-state index contributed by atoms with van der Waals surface area (Å²) < 4.78 is 13.7. The maximum atomic E-state index is 13.7. The molecular weight excluding hydrogens is 323 g/mol. The second-order valence-electron chi connectivity index (χ2n) is 6.49. The quantitative estimate of drug-likeness (QED) is 0.778. The van der Waals surface area contributed by atoms with Crippen molar-refractivity contribution in [1.82, 2.24) is 4.90 Å². The van der Waals surface area contributed by atoms with Gasteiger partial charge in [-0.2, -0.15) is 0 Å². The number of aliphatic hydroxyl groups is 2. The monoisotopic (exact) mass is 342 g/mol. The van der Waals surface area contributed by atoms with Gasteiger partial charge in [-0.15, -0.1) is 0 Å². The first-order chi connectivity index (χ1) is 10.9. The summed E-state index contributed by atoms with van der Waals surface area (Å²) >= 11 is 5.68. The summed E-state index contributed by atoms with van der Waals surface area (Å²) in [6, 6.07) is 4.11. The van der Waals surface area contributed by atoms with Crippen LogP contribution >= 0.6 is 11.6 Å². The highest BCUT2D eigenvalue weighted by atomic mass is 35.5. The number of carbonyl (C=O) groups is 1. The van der Waals surface area contributed by atoms with Crippen molar-refractivity contribution in [3.63, 3.8) is 0 Å². The first-order valence-electron chi connectivity index (χ1n) is 7.75. The number of nitrogens with zero attached hydrogens (tertiary/aromatic N) is 1. The molecule has 1 aromatic rings. The molecule has 7 heteroatoms. The van der Waals surface area contributed by atoms with Crippen LogP contribution in [0.15, 0.2) is 18.2 Å². The third kappa shape index (κ3) is 3.83. The second-order valence-corrected chi connectivity index (χ2v) is 6.93. The minimum atomic E-state index is -0.673. The predicted octanol–water partition coefficient (Wildman–Crippen LogP) is 1.48. The van der Waals surface area contributed by atoms with Gasteiger partial charge >= 0.3 is 0 Å². The van der Waals surface area contributed by atoms with E-state index in [0.29, 0.717) is 37.8 Å². The van der Waals surface area contributed by atoms with E-state index in [2.05, 4.69) is 5.32 Å². The summed E-state index contributed by atoms with van der Waals surface area (Å²) in [5.41, 5.74) is 0.113. The summed E-state index contributed by atoms with van der Waals surface area (Å²) in [6.07, 6.45) is -0.215. The predicted molar refractivity (Wildman–Crippen MR) is 84.7 cm³/mol. The molecule has 5 nitrogen and oxygen atoms in total. The lowest BCUT2D eigenvalue weighted by Gasteiger charge is -2.32. The zero-order chi connectivity index (χ0) is 16.6. The van der Waals surface area contributed by atoms with Crippen LogP contribution in [0.5, 0.6) is 0 Å². The van der Waals surface area contributed by atoms with Crippen LogP contribution in [0.2, 0.25) is 5.02 Å². The Balaban J connectivity index is 1.55. The van der Waals surface area contributed by atoms with Gasteiger partial charge in [0.1, 0.15) is 5.82 Å². The zero-order valence-electron chi connectivity index (χ0n) is 12.6. The minimum absolute atomic E-state index is 0.113. The number of nitrogens with one attached hydrogen (secondary N) is 1. The van der Waals surface area contributed by atoms with Crippen molar-refractivity contribution in [1.29, 1.82) is 0 Å². The molecule has 4 atom stereocenters. The molecule has 1 amide bonds. The Morgan fingerprint density at radius 2 is 1.87 bits per heavy atom. The molecule has 1 aliphatic heterocycles. The molecule has 1 heterocycles. The first-order valence-corrected chi connectivity index (χ1v) is 8.13. The van der Waals surface area contributed by atoms with Crippen LogP contribution in [0.25, 0.3) is 0 Å². The van der Waals surface area contributed by atoms with Crippen molar-refractivity contribution < 1.29 is 19.4 Å². The van der Waals surface area contributed by atoms with Gasteiger partial charge in [0.2, 0.25) is 5.91 Å². The number of benzene rings is 1. The lowest BCUT2D eigenvalue weighted by Crippen LogP contribution is -2.38. The van der Waals surface area contributed by atoms with Crippen molar-refractivity contribution in [2.75, 3.05) is 25.0 Å². The number of fused-ring (bicyclic) bond motifs is 1. The summed E-state index contributed by atoms with van der Waals surface area (Å²) in [5.74, 6) is -0.250. The summed E-state index contributed by atoms with van der Waals surface area (Å²) in [6.45, 7) is 1.59. The molecule has 23 heavy (non-hydrogen) atoms. The molecule has 0 spiro atoms. The first kappa shape index (κ1) is 16.6. The van der Waals surface area contributed by atoms with E-state index in [-0.39, 0.29) is 23.2 Å². The average Bonchev–Trinajstić information content (AvgIpc) is 2.83. The van der Waals surface area contributed by atoms with E-state index in [9.17, 15) is 19.4 Å². The summed E-state index contributed by atoms with van der Waals surface area (Å²) in [4.78, 5) is 14.1. The third-order valence-corrected chi connectivity index (χ3v) is 4.99. The van der Waals surface area contributed by atoms with Gasteiger partial charge in [-0.05, 0) is 42.9 Å². The zero-order valence-corrected chi connectivity index (χ0v) is 13.3. The molecule has 126 valence electrons. The molecule has 3 rings (SSSR count). The van der Waals surface area contributed by atoms with Gasteiger partial charge in [0.05, 0.1) is 24.4 Å². The molecular formula is C16H20ClFN2O3. The fraction of sp³-hybridized carbons (Fsp3) is 0.562. The van der Waals surface area contributed by atoms with E-state index in [0.717, 1.165) is 6.07 Å².